The zero-order valence-electron chi connectivity index (χ0n) is 20.1. The summed E-state index contributed by atoms with van der Waals surface area (Å²) in [4.78, 5) is 11.4. The molecule has 0 saturated carbocycles. The Kier molecular flexibility index (Phi) is 6.07. The van der Waals surface area contributed by atoms with Gasteiger partial charge in [0.25, 0.3) is 0 Å². The molecule has 2 aromatic carbocycles. The number of hydrogen-bond donors (Lipinski definition) is 1. The van der Waals surface area contributed by atoms with E-state index in [1.807, 2.05) is 44.6 Å². The van der Waals surface area contributed by atoms with Crippen molar-refractivity contribution in [3.8, 4) is 17.0 Å². The molecule has 6 heteroatoms. The van der Waals surface area contributed by atoms with E-state index in [0.29, 0.717) is 0 Å². The lowest BCUT2D eigenvalue weighted by atomic mass is 10.1. The van der Waals surface area contributed by atoms with Gasteiger partial charge in [-0.25, -0.2) is 9.97 Å². The number of imidazole rings is 1. The Hall–Kier alpha value is -3.64. The number of hydrogen-bond acceptors (Lipinski definition) is 5. The molecule has 1 fully saturated rings. The van der Waals surface area contributed by atoms with Crippen molar-refractivity contribution in [2.24, 2.45) is 7.05 Å². The van der Waals surface area contributed by atoms with Gasteiger partial charge in [-0.2, -0.15) is 0 Å². The molecule has 174 valence electrons. The van der Waals surface area contributed by atoms with Gasteiger partial charge in [0, 0.05) is 48.5 Å². The number of aromatic nitrogens is 3. The highest BCUT2D eigenvalue weighted by molar-refractivity contribution is 5.89. The lowest BCUT2D eigenvalue weighted by Gasteiger charge is -2.29. The van der Waals surface area contributed by atoms with Crippen molar-refractivity contribution in [2.45, 2.75) is 25.9 Å². The van der Waals surface area contributed by atoms with E-state index in [2.05, 4.69) is 68.7 Å². The summed E-state index contributed by atoms with van der Waals surface area (Å²) in [5.41, 5.74) is 4.01. The van der Waals surface area contributed by atoms with Gasteiger partial charge < -0.3 is 19.5 Å². The second kappa shape index (κ2) is 9.31. The fourth-order valence-corrected chi connectivity index (χ4v) is 4.42. The van der Waals surface area contributed by atoms with Gasteiger partial charge in [-0.3, -0.25) is 0 Å². The van der Waals surface area contributed by atoms with Crippen LogP contribution in [0, 0.1) is 6.92 Å². The van der Waals surface area contributed by atoms with Crippen molar-refractivity contribution in [1.82, 2.24) is 19.4 Å². The monoisotopic (exact) mass is 453 g/mol. The smallest absolute Gasteiger partial charge is 0.130 e. The van der Waals surface area contributed by atoms with Gasteiger partial charge in [-0.1, -0.05) is 30.8 Å². The van der Waals surface area contributed by atoms with Crippen LogP contribution < -0.4 is 10.1 Å². The highest BCUT2D eigenvalue weighted by atomic mass is 16.5. The van der Waals surface area contributed by atoms with Crippen LogP contribution in [0.1, 0.15) is 24.2 Å². The third-order valence-corrected chi connectivity index (χ3v) is 6.67. The van der Waals surface area contributed by atoms with Gasteiger partial charge in [0.05, 0.1) is 11.9 Å². The van der Waals surface area contributed by atoms with Crippen molar-refractivity contribution < 1.29 is 4.74 Å². The molecule has 1 N–H and O–H groups in total. The predicted molar refractivity (Wildman–Crippen MR) is 139 cm³/mol. The summed E-state index contributed by atoms with van der Waals surface area (Å²) in [5, 5.41) is 5.58. The molecule has 1 aliphatic heterocycles. The largest absolute Gasteiger partial charge is 0.490 e. The second-order valence-electron chi connectivity index (χ2n) is 9.13. The zero-order chi connectivity index (χ0) is 23.7. The molecule has 0 unspecified atom stereocenters. The van der Waals surface area contributed by atoms with E-state index in [9.17, 15) is 0 Å². The average Bonchev–Trinajstić information content (AvgIpc) is 3.18. The molecule has 4 aromatic rings. The first-order valence-electron chi connectivity index (χ1n) is 11.8. The maximum atomic E-state index is 6.25. The number of nitrogens with zero attached hydrogens (tertiary/aromatic N) is 4. The predicted octanol–water partition coefficient (Wildman–Crippen LogP) is 5.50. The Balaban J connectivity index is 1.32. The SMILES string of the molecule is C=C(Nc1cc2cc(-c3cnc(C)n3C)ccc2cn1)c1cccc(OC2CCN(C)CC2)c1. The standard InChI is InChI=1S/C28H31N5O/c1-19(21-6-5-7-26(15-21)34-25-10-12-32(3)13-11-25)31-28-16-24-14-22(8-9-23(24)17-30-28)27-18-29-20(2)33(27)4/h5-9,14-18,25H,1,10-13H2,2-4H3,(H,30,31). The number of fused-ring (bicyclic) bond motifs is 1. The number of ether oxygens (including phenoxy) is 1. The Morgan fingerprint density at radius 2 is 1.82 bits per heavy atom. The van der Waals surface area contributed by atoms with E-state index in [1.165, 1.54) is 0 Å². The van der Waals surface area contributed by atoms with Crippen LogP contribution in [0.2, 0.25) is 0 Å². The first-order valence-corrected chi connectivity index (χ1v) is 11.8. The number of likely N-dealkylation sites (tertiary alicyclic amines) is 1. The number of benzene rings is 2. The van der Waals surface area contributed by atoms with Crippen molar-refractivity contribution in [2.75, 3.05) is 25.5 Å². The molecular formula is C28H31N5O. The lowest BCUT2D eigenvalue weighted by Crippen LogP contribution is -2.35. The van der Waals surface area contributed by atoms with Crippen LogP contribution in [0.25, 0.3) is 27.7 Å². The van der Waals surface area contributed by atoms with Crippen LogP contribution in [-0.2, 0) is 7.05 Å². The van der Waals surface area contributed by atoms with E-state index in [4.69, 9.17) is 4.74 Å². The topological polar surface area (TPSA) is 55.2 Å². The van der Waals surface area contributed by atoms with Crippen LogP contribution in [0.4, 0.5) is 5.82 Å². The lowest BCUT2D eigenvalue weighted by molar-refractivity contribution is 0.114. The normalized spacial score (nSPS) is 14.9. The third kappa shape index (κ3) is 4.68. The highest BCUT2D eigenvalue weighted by Gasteiger charge is 2.18. The van der Waals surface area contributed by atoms with Crippen molar-refractivity contribution in [3.63, 3.8) is 0 Å². The molecule has 1 saturated heterocycles. The summed E-state index contributed by atoms with van der Waals surface area (Å²) in [6, 6.07) is 16.6. The van der Waals surface area contributed by atoms with Crippen molar-refractivity contribution >= 4 is 22.3 Å². The maximum absolute atomic E-state index is 6.25. The minimum atomic E-state index is 0.271. The number of nitrogens with one attached hydrogen (secondary N) is 1. The second-order valence-corrected chi connectivity index (χ2v) is 9.13. The Bertz CT molecular complexity index is 1330. The molecule has 0 bridgehead atoms. The summed E-state index contributed by atoms with van der Waals surface area (Å²) in [7, 11) is 4.20. The summed E-state index contributed by atoms with van der Waals surface area (Å²) >= 11 is 0. The maximum Gasteiger partial charge on any atom is 0.130 e. The molecule has 5 rings (SSSR count). The van der Waals surface area contributed by atoms with E-state index in [-0.39, 0.29) is 6.10 Å². The molecule has 2 aromatic heterocycles. The van der Waals surface area contributed by atoms with Crippen LogP contribution in [0.5, 0.6) is 5.75 Å². The summed E-state index contributed by atoms with van der Waals surface area (Å²) < 4.78 is 8.35. The molecule has 0 amide bonds. The molecule has 0 spiro atoms. The molecular weight excluding hydrogens is 422 g/mol. The number of pyridine rings is 1. The molecule has 0 aliphatic carbocycles. The molecule has 34 heavy (non-hydrogen) atoms. The van der Waals surface area contributed by atoms with Gasteiger partial charge >= 0.3 is 0 Å². The first-order chi connectivity index (χ1) is 16.5. The van der Waals surface area contributed by atoms with Crippen LogP contribution in [0.3, 0.4) is 0 Å². The van der Waals surface area contributed by atoms with Gasteiger partial charge in [0.15, 0.2) is 0 Å². The Morgan fingerprint density at radius 3 is 2.59 bits per heavy atom. The molecule has 3 heterocycles. The number of piperidine rings is 1. The van der Waals surface area contributed by atoms with Crippen molar-refractivity contribution in [3.05, 3.63) is 78.9 Å². The fourth-order valence-electron chi connectivity index (χ4n) is 4.42. The zero-order valence-corrected chi connectivity index (χ0v) is 20.1. The quantitative estimate of drug-likeness (QED) is 0.418. The van der Waals surface area contributed by atoms with Crippen LogP contribution in [0.15, 0.2) is 67.5 Å². The highest BCUT2D eigenvalue weighted by Crippen LogP contribution is 2.28. The Morgan fingerprint density at radius 1 is 1.00 bits per heavy atom. The molecule has 6 nitrogen and oxygen atoms in total. The third-order valence-electron chi connectivity index (χ3n) is 6.67. The summed E-state index contributed by atoms with van der Waals surface area (Å²) in [6.07, 6.45) is 6.19. The van der Waals surface area contributed by atoms with Crippen LogP contribution in [-0.4, -0.2) is 45.7 Å². The average molecular weight is 454 g/mol. The van der Waals surface area contributed by atoms with Crippen LogP contribution >= 0.6 is 0 Å². The molecule has 0 atom stereocenters. The summed E-state index contributed by atoms with van der Waals surface area (Å²) in [5.74, 6) is 2.64. The first kappa shape index (κ1) is 22.2. The van der Waals surface area contributed by atoms with E-state index < -0.39 is 0 Å². The minimum Gasteiger partial charge on any atom is -0.490 e. The summed E-state index contributed by atoms with van der Waals surface area (Å²) in [6.45, 7) is 8.42. The number of aryl methyl sites for hydroxylation is 1. The molecule has 1 aliphatic rings. The number of rotatable bonds is 6. The molecule has 0 radical (unpaired) electrons. The minimum absolute atomic E-state index is 0.271. The van der Waals surface area contributed by atoms with E-state index in [1.54, 1.807) is 0 Å². The van der Waals surface area contributed by atoms with Gasteiger partial charge in [0.2, 0.25) is 0 Å². The van der Waals surface area contributed by atoms with Gasteiger partial charge in [-0.05, 0) is 56.5 Å². The van der Waals surface area contributed by atoms with E-state index in [0.717, 1.165) is 76.6 Å². The number of anilines is 1. The Labute approximate surface area is 200 Å². The van der Waals surface area contributed by atoms with Gasteiger partial charge in [-0.15, -0.1) is 0 Å². The van der Waals surface area contributed by atoms with E-state index >= 15 is 0 Å². The fraction of sp³-hybridized carbons (Fsp3) is 0.286. The van der Waals surface area contributed by atoms with Crippen molar-refractivity contribution in [1.29, 1.82) is 0 Å². The van der Waals surface area contributed by atoms with Gasteiger partial charge in [0.1, 0.15) is 23.5 Å².